The van der Waals surface area contributed by atoms with Gasteiger partial charge in [-0.15, -0.1) is 0 Å². The van der Waals surface area contributed by atoms with Crippen LogP contribution in [0.2, 0.25) is 0 Å². The highest BCUT2D eigenvalue weighted by Crippen LogP contribution is 2.15. The van der Waals surface area contributed by atoms with Crippen molar-refractivity contribution in [2.24, 2.45) is 5.73 Å². The van der Waals surface area contributed by atoms with Gasteiger partial charge in [0.05, 0.1) is 12.2 Å². The van der Waals surface area contributed by atoms with Gasteiger partial charge in [-0.05, 0) is 56.6 Å². The second-order valence-electron chi connectivity index (χ2n) is 6.63. The molecule has 1 fully saturated rings. The molecule has 0 spiro atoms. The number of hydrogen-bond donors (Lipinski definition) is 1. The molecule has 1 aromatic heterocycles. The summed E-state index contributed by atoms with van der Waals surface area (Å²) in [5.74, 6) is -0.429. The molecule has 3 rings (SSSR count). The molecule has 1 aliphatic heterocycles. The van der Waals surface area contributed by atoms with Crippen LogP contribution >= 0.6 is 0 Å². The molecule has 0 unspecified atom stereocenters. The first-order valence-electron chi connectivity index (χ1n) is 9.04. The molecule has 2 heterocycles. The summed E-state index contributed by atoms with van der Waals surface area (Å²) in [6.07, 6.45) is 3.60. The molecule has 138 valence electrons. The molecule has 0 atom stereocenters. The van der Waals surface area contributed by atoms with Gasteiger partial charge in [0.15, 0.2) is 0 Å². The topological polar surface area (TPSA) is 77.6 Å². The number of carbonyl (C=O) groups is 1. The molecule has 2 N–H and O–H groups in total. The number of piperidine rings is 1. The van der Waals surface area contributed by atoms with Crippen molar-refractivity contribution in [2.75, 3.05) is 19.7 Å². The van der Waals surface area contributed by atoms with Crippen molar-refractivity contribution in [1.29, 1.82) is 0 Å². The highest BCUT2D eigenvalue weighted by Gasteiger charge is 2.16. The lowest BCUT2D eigenvalue weighted by molar-refractivity contribution is 0.0525. The lowest BCUT2D eigenvalue weighted by Gasteiger charge is -2.30. The second kappa shape index (κ2) is 8.29. The van der Waals surface area contributed by atoms with Gasteiger partial charge in [-0.1, -0.05) is 12.1 Å². The Bertz CT molecular complexity index is 806. The Labute approximate surface area is 153 Å². The minimum Gasteiger partial charge on any atom is -0.462 e. The average molecular weight is 355 g/mol. The summed E-state index contributed by atoms with van der Waals surface area (Å²) in [6, 6.07) is 11.1. The molecule has 6 heteroatoms. The standard InChI is InChI=1S/C20H25N3O3/c1-2-26-20(25)16-5-8-19(24)23(14-16)18-6-3-15(4-7-18)13-22-11-9-17(21)10-12-22/h3-8,14,17H,2,9-13,21H2,1H3. The monoisotopic (exact) mass is 355 g/mol. The van der Waals surface area contributed by atoms with E-state index in [2.05, 4.69) is 4.90 Å². The van der Waals surface area contributed by atoms with Crippen LogP contribution in [-0.4, -0.2) is 41.2 Å². The summed E-state index contributed by atoms with van der Waals surface area (Å²) >= 11 is 0. The number of pyridine rings is 1. The Morgan fingerprint density at radius 1 is 1.15 bits per heavy atom. The van der Waals surface area contributed by atoms with Crippen molar-refractivity contribution in [1.82, 2.24) is 9.47 Å². The molecule has 0 bridgehead atoms. The quantitative estimate of drug-likeness (QED) is 0.830. The number of ether oxygens (including phenoxy) is 1. The lowest BCUT2D eigenvalue weighted by atomic mass is 10.1. The van der Waals surface area contributed by atoms with Crippen molar-refractivity contribution in [3.8, 4) is 5.69 Å². The van der Waals surface area contributed by atoms with Gasteiger partial charge in [0.2, 0.25) is 0 Å². The molecule has 2 aromatic rings. The zero-order valence-electron chi connectivity index (χ0n) is 15.1. The van der Waals surface area contributed by atoms with Gasteiger partial charge in [-0.25, -0.2) is 4.79 Å². The molecule has 0 radical (unpaired) electrons. The van der Waals surface area contributed by atoms with Crippen LogP contribution in [0.5, 0.6) is 0 Å². The summed E-state index contributed by atoms with van der Waals surface area (Å²) in [6.45, 7) is 4.97. The minimum absolute atomic E-state index is 0.184. The molecule has 1 aromatic carbocycles. The predicted molar refractivity (Wildman–Crippen MR) is 100 cm³/mol. The van der Waals surface area contributed by atoms with Gasteiger partial charge in [-0.2, -0.15) is 0 Å². The third-order valence-electron chi connectivity index (χ3n) is 4.68. The number of esters is 1. The SMILES string of the molecule is CCOC(=O)c1ccc(=O)n(-c2ccc(CN3CCC(N)CC3)cc2)c1. The van der Waals surface area contributed by atoms with Crippen LogP contribution in [-0.2, 0) is 11.3 Å². The van der Waals surface area contributed by atoms with E-state index in [1.807, 2.05) is 24.3 Å². The number of carbonyl (C=O) groups excluding carboxylic acids is 1. The number of aromatic nitrogens is 1. The van der Waals surface area contributed by atoms with E-state index in [0.29, 0.717) is 18.2 Å². The molecule has 26 heavy (non-hydrogen) atoms. The highest BCUT2D eigenvalue weighted by atomic mass is 16.5. The molecule has 0 aliphatic carbocycles. The van der Waals surface area contributed by atoms with Gasteiger partial charge in [0.25, 0.3) is 5.56 Å². The fourth-order valence-electron chi connectivity index (χ4n) is 3.16. The maximum atomic E-state index is 12.2. The average Bonchev–Trinajstić information content (AvgIpc) is 2.65. The number of hydrogen-bond acceptors (Lipinski definition) is 5. The lowest BCUT2D eigenvalue weighted by Crippen LogP contribution is -2.39. The number of likely N-dealkylation sites (tertiary alicyclic amines) is 1. The van der Waals surface area contributed by atoms with E-state index in [0.717, 1.165) is 38.2 Å². The van der Waals surface area contributed by atoms with E-state index in [1.165, 1.54) is 28.5 Å². The predicted octanol–water partition coefficient (Wildman–Crippen LogP) is 1.94. The van der Waals surface area contributed by atoms with Crippen LogP contribution in [0.4, 0.5) is 0 Å². The molecule has 1 aliphatic rings. The smallest absolute Gasteiger partial charge is 0.339 e. The number of benzene rings is 1. The summed E-state index contributed by atoms with van der Waals surface area (Å²) < 4.78 is 6.47. The molecule has 0 amide bonds. The Kier molecular flexibility index (Phi) is 5.85. The molecular weight excluding hydrogens is 330 g/mol. The van der Waals surface area contributed by atoms with Crippen molar-refractivity contribution >= 4 is 5.97 Å². The summed E-state index contributed by atoms with van der Waals surface area (Å²) in [4.78, 5) is 26.5. The molecular formula is C20H25N3O3. The van der Waals surface area contributed by atoms with Crippen LogP contribution in [0.1, 0.15) is 35.7 Å². The Morgan fingerprint density at radius 3 is 2.50 bits per heavy atom. The van der Waals surface area contributed by atoms with Crippen LogP contribution in [0.25, 0.3) is 5.69 Å². The van der Waals surface area contributed by atoms with Gasteiger partial charge in [0.1, 0.15) is 0 Å². The largest absolute Gasteiger partial charge is 0.462 e. The maximum Gasteiger partial charge on any atom is 0.339 e. The molecule has 6 nitrogen and oxygen atoms in total. The van der Waals surface area contributed by atoms with Crippen LogP contribution in [0.3, 0.4) is 0 Å². The van der Waals surface area contributed by atoms with E-state index in [1.54, 1.807) is 6.92 Å². The van der Waals surface area contributed by atoms with Gasteiger partial charge < -0.3 is 10.5 Å². The van der Waals surface area contributed by atoms with E-state index < -0.39 is 5.97 Å². The third-order valence-corrected chi connectivity index (χ3v) is 4.68. The van der Waals surface area contributed by atoms with E-state index in [9.17, 15) is 9.59 Å². The Hall–Kier alpha value is -2.44. The summed E-state index contributed by atoms with van der Waals surface area (Å²) in [5, 5.41) is 0. The van der Waals surface area contributed by atoms with Crippen molar-refractivity contribution < 1.29 is 9.53 Å². The van der Waals surface area contributed by atoms with E-state index in [-0.39, 0.29) is 5.56 Å². The number of nitrogens with zero attached hydrogens (tertiary/aromatic N) is 2. The van der Waals surface area contributed by atoms with Crippen molar-refractivity contribution in [2.45, 2.75) is 32.4 Å². The first-order chi connectivity index (χ1) is 12.6. The zero-order valence-corrected chi connectivity index (χ0v) is 15.1. The normalized spacial score (nSPS) is 15.8. The van der Waals surface area contributed by atoms with Crippen LogP contribution < -0.4 is 11.3 Å². The van der Waals surface area contributed by atoms with Crippen LogP contribution in [0.15, 0.2) is 47.4 Å². The first kappa shape index (κ1) is 18.4. The van der Waals surface area contributed by atoms with Crippen molar-refractivity contribution in [3.63, 3.8) is 0 Å². The van der Waals surface area contributed by atoms with Gasteiger partial charge in [-0.3, -0.25) is 14.3 Å². The summed E-state index contributed by atoms with van der Waals surface area (Å²) in [7, 11) is 0. The molecule has 1 saturated heterocycles. The fourth-order valence-corrected chi connectivity index (χ4v) is 3.16. The first-order valence-corrected chi connectivity index (χ1v) is 9.04. The number of nitrogens with two attached hydrogens (primary N) is 1. The Morgan fingerprint density at radius 2 is 1.85 bits per heavy atom. The second-order valence-corrected chi connectivity index (χ2v) is 6.63. The third kappa shape index (κ3) is 4.39. The summed E-state index contributed by atoms with van der Waals surface area (Å²) in [5.41, 5.74) is 8.05. The maximum absolute atomic E-state index is 12.2. The zero-order chi connectivity index (χ0) is 18.5. The minimum atomic E-state index is -0.429. The highest BCUT2D eigenvalue weighted by molar-refractivity contribution is 5.89. The fraction of sp³-hybridized carbons (Fsp3) is 0.400. The van der Waals surface area contributed by atoms with E-state index >= 15 is 0 Å². The van der Waals surface area contributed by atoms with Crippen LogP contribution in [0, 0.1) is 0 Å². The van der Waals surface area contributed by atoms with Gasteiger partial charge >= 0.3 is 5.97 Å². The van der Waals surface area contributed by atoms with Gasteiger partial charge in [0, 0.05) is 30.5 Å². The van der Waals surface area contributed by atoms with E-state index in [4.69, 9.17) is 10.5 Å². The Balaban J connectivity index is 1.75. The van der Waals surface area contributed by atoms with Crippen molar-refractivity contribution in [3.05, 3.63) is 64.1 Å². The number of rotatable bonds is 5. The molecule has 0 saturated carbocycles.